The number of hydrogen-bond acceptors (Lipinski definition) is 5. The van der Waals surface area contributed by atoms with Crippen molar-refractivity contribution in [1.29, 1.82) is 0 Å². The van der Waals surface area contributed by atoms with Crippen molar-refractivity contribution in [2.24, 2.45) is 10.9 Å². The molecule has 1 radical (unpaired) electrons. The van der Waals surface area contributed by atoms with Gasteiger partial charge in [-0.05, 0) is 6.92 Å². The van der Waals surface area contributed by atoms with Gasteiger partial charge in [-0.2, -0.15) is 0 Å². The van der Waals surface area contributed by atoms with Crippen LogP contribution in [0.25, 0.3) is 0 Å². The second kappa shape index (κ2) is 5.13. The number of thiazole rings is 1. The fourth-order valence-electron chi connectivity index (χ4n) is 0.660. The molecule has 7 heteroatoms. The second-order valence-corrected chi connectivity index (χ2v) is 2.97. The molecule has 1 amide bonds. The Balaban J connectivity index is 0.00000144. The smallest absolute Gasteiger partial charge is 0.273 e. The molecule has 75 valence electrons. The molecule has 13 heavy (non-hydrogen) atoms. The topological polar surface area (TPSA) is 88.6 Å². The van der Waals surface area contributed by atoms with Crippen molar-refractivity contribution in [2.75, 3.05) is 0 Å². The van der Waals surface area contributed by atoms with E-state index in [0.717, 1.165) is 5.69 Å². The minimum absolute atomic E-state index is 0. The van der Waals surface area contributed by atoms with Gasteiger partial charge in [0.15, 0.2) is 5.01 Å². The zero-order chi connectivity index (χ0) is 9.14. The molecule has 0 spiro atoms. The summed E-state index contributed by atoms with van der Waals surface area (Å²) in [5.74, 6) is -0.785. The molecule has 0 unspecified atom stereocenters. The molecule has 1 aromatic heterocycles. The minimum atomic E-state index is -0.785. The van der Waals surface area contributed by atoms with Gasteiger partial charge in [-0.15, -0.1) is 11.3 Å². The van der Waals surface area contributed by atoms with Gasteiger partial charge in [0, 0.05) is 33.5 Å². The van der Waals surface area contributed by atoms with Crippen LogP contribution in [-0.4, -0.2) is 21.8 Å². The van der Waals surface area contributed by atoms with Crippen molar-refractivity contribution in [3.63, 3.8) is 0 Å². The average Bonchev–Trinajstić information content (AvgIpc) is 2.37. The third-order valence-corrected chi connectivity index (χ3v) is 2.12. The Morgan fingerprint density at radius 2 is 2.38 bits per heavy atom. The van der Waals surface area contributed by atoms with Gasteiger partial charge < -0.3 is 10.9 Å². The summed E-state index contributed by atoms with van der Waals surface area (Å²) in [6.45, 7) is 1.77. The SMILES string of the molecule is Cc1csc(C(=NO)C(N)=O)n1.[Ag]. The maximum Gasteiger partial charge on any atom is 0.273 e. The van der Waals surface area contributed by atoms with Crippen molar-refractivity contribution in [2.45, 2.75) is 6.92 Å². The zero-order valence-electron chi connectivity index (χ0n) is 6.61. The molecule has 0 aromatic carbocycles. The molecule has 0 bridgehead atoms. The van der Waals surface area contributed by atoms with Crippen LogP contribution >= 0.6 is 11.3 Å². The first-order chi connectivity index (χ1) is 5.65. The van der Waals surface area contributed by atoms with Crippen LogP contribution in [0.2, 0.25) is 0 Å². The van der Waals surface area contributed by atoms with E-state index in [2.05, 4.69) is 10.1 Å². The molecule has 0 atom stereocenters. The van der Waals surface area contributed by atoms with E-state index in [9.17, 15) is 4.79 Å². The first-order valence-electron chi connectivity index (χ1n) is 3.09. The number of primary amides is 1. The van der Waals surface area contributed by atoms with E-state index in [1.807, 2.05) is 0 Å². The number of amides is 1. The largest absolute Gasteiger partial charge is 0.410 e. The molecule has 3 N–H and O–H groups in total. The number of aryl methyl sites for hydroxylation is 1. The predicted octanol–water partition coefficient (Wildman–Crippen LogP) is 0.113. The number of nitrogens with two attached hydrogens (primary N) is 1. The molecule has 0 saturated heterocycles. The van der Waals surface area contributed by atoms with Crippen molar-refractivity contribution >= 4 is 23.0 Å². The van der Waals surface area contributed by atoms with E-state index >= 15 is 0 Å². The monoisotopic (exact) mass is 292 g/mol. The maximum atomic E-state index is 10.6. The van der Waals surface area contributed by atoms with Crippen LogP contribution < -0.4 is 5.73 Å². The van der Waals surface area contributed by atoms with Crippen molar-refractivity contribution in [3.05, 3.63) is 16.1 Å². The molecule has 1 aromatic rings. The van der Waals surface area contributed by atoms with E-state index in [0.29, 0.717) is 5.01 Å². The summed E-state index contributed by atoms with van der Waals surface area (Å²) in [7, 11) is 0. The van der Waals surface area contributed by atoms with E-state index in [1.54, 1.807) is 12.3 Å². The van der Waals surface area contributed by atoms with Crippen LogP contribution in [0.1, 0.15) is 10.7 Å². The summed E-state index contributed by atoms with van der Waals surface area (Å²) in [5, 5.41) is 13.2. The van der Waals surface area contributed by atoms with Gasteiger partial charge >= 0.3 is 0 Å². The number of carbonyl (C=O) groups excluding carboxylic acids is 1. The Kier molecular flexibility index (Phi) is 4.86. The average molecular weight is 293 g/mol. The summed E-state index contributed by atoms with van der Waals surface area (Å²) in [6.07, 6.45) is 0. The van der Waals surface area contributed by atoms with Gasteiger partial charge in [-0.3, -0.25) is 4.79 Å². The van der Waals surface area contributed by atoms with Gasteiger partial charge in [-0.25, -0.2) is 4.98 Å². The van der Waals surface area contributed by atoms with Gasteiger partial charge in [0.05, 0.1) is 0 Å². The van der Waals surface area contributed by atoms with E-state index in [4.69, 9.17) is 10.9 Å². The third-order valence-electron chi connectivity index (χ3n) is 1.15. The van der Waals surface area contributed by atoms with Gasteiger partial charge in [0.1, 0.15) is 0 Å². The molecule has 0 aliphatic rings. The Bertz CT molecular complexity index is 336. The van der Waals surface area contributed by atoms with Crippen LogP contribution in [0, 0.1) is 6.92 Å². The summed E-state index contributed by atoms with van der Waals surface area (Å²) in [5.41, 5.74) is 5.49. The van der Waals surface area contributed by atoms with E-state index < -0.39 is 5.91 Å². The van der Waals surface area contributed by atoms with Gasteiger partial charge in [0.25, 0.3) is 5.91 Å². The molecule has 1 rings (SSSR count). The quantitative estimate of drug-likeness (QED) is 0.351. The normalized spacial score (nSPS) is 10.7. The predicted molar refractivity (Wildman–Crippen MR) is 44.4 cm³/mol. The Morgan fingerprint density at radius 1 is 1.77 bits per heavy atom. The summed E-state index contributed by atoms with van der Waals surface area (Å²) in [4.78, 5) is 14.6. The van der Waals surface area contributed by atoms with E-state index in [1.165, 1.54) is 11.3 Å². The molecule has 5 nitrogen and oxygen atoms in total. The number of nitrogens with zero attached hydrogens (tertiary/aromatic N) is 2. The molecular formula is C6H7AgN3O2S. The number of rotatable bonds is 2. The second-order valence-electron chi connectivity index (χ2n) is 2.11. The molecule has 0 fully saturated rings. The van der Waals surface area contributed by atoms with Crippen LogP contribution in [0.15, 0.2) is 10.5 Å². The van der Waals surface area contributed by atoms with Crippen molar-refractivity contribution in [3.8, 4) is 0 Å². The molecule has 0 aliphatic carbocycles. The fourth-order valence-corrected chi connectivity index (χ4v) is 1.44. The van der Waals surface area contributed by atoms with Crippen LogP contribution in [-0.2, 0) is 27.2 Å². The van der Waals surface area contributed by atoms with E-state index in [-0.39, 0.29) is 28.1 Å². The standard InChI is InChI=1S/C6H7N3O2S.Ag/c1-3-2-12-6(8-3)4(9-11)5(7)10;/h2,11H,1H3,(H2,7,10);. The van der Waals surface area contributed by atoms with Crippen LogP contribution in [0.4, 0.5) is 0 Å². The number of oxime groups is 1. The third kappa shape index (κ3) is 2.92. The maximum absolute atomic E-state index is 10.6. The zero-order valence-corrected chi connectivity index (χ0v) is 8.91. The molecule has 1 heterocycles. The Labute approximate surface area is 94.2 Å². The molecular weight excluding hydrogens is 286 g/mol. The fraction of sp³-hybridized carbons (Fsp3) is 0.167. The summed E-state index contributed by atoms with van der Waals surface area (Å²) in [6, 6.07) is 0. The number of aromatic nitrogens is 1. The van der Waals surface area contributed by atoms with Crippen LogP contribution in [0.3, 0.4) is 0 Å². The Morgan fingerprint density at radius 3 is 2.69 bits per heavy atom. The van der Waals surface area contributed by atoms with Gasteiger partial charge in [0.2, 0.25) is 5.71 Å². The molecule has 0 saturated carbocycles. The van der Waals surface area contributed by atoms with Crippen molar-refractivity contribution in [1.82, 2.24) is 4.98 Å². The van der Waals surface area contributed by atoms with Gasteiger partial charge in [-0.1, -0.05) is 5.16 Å². The number of hydrogen-bond donors (Lipinski definition) is 2. The first kappa shape index (κ1) is 12.3. The summed E-state index contributed by atoms with van der Waals surface area (Å²) >= 11 is 1.21. The molecule has 0 aliphatic heterocycles. The first-order valence-corrected chi connectivity index (χ1v) is 3.97. The minimum Gasteiger partial charge on any atom is -0.410 e. The van der Waals surface area contributed by atoms with Crippen LogP contribution in [0.5, 0.6) is 0 Å². The number of carbonyl (C=O) groups is 1. The Hall–Kier alpha value is -0.690. The summed E-state index contributed by atoms with van der Waals surface area (Å²) < 4.78 is 0. The van der Waals surface area contributed by atoms with Crippen molar-refractivity contribution < 1.29 is 32.4 Å².